The molecule has 3 aromatic rings. The van der Waals surface area contributed by atoms with Gasteiger partial charge in [0.2, 0.25) is 0 Å². The predicted octanol–water partition coefficient (Wildman–Crippen LogP) is 3.88. The number of pyridine rings is 1. The molecule has 0 spiro atoms. The molecule has 0 bridgehead atoms. The minimum atomic E-state index is -0.291. The van der Waals surface area contributed by atoms with Crippen LogP contribution in [0.4, 0.5) is 10.1 Å². The molecule has 5 heteroatoms. The second-order valence-electron chi connectivity index (χ2n) is 6.15. The van der Waals surface area contributed by atoms with Crippen LogP contribution in [0.2, 0.25) is 0 Å². The molecule has 0 radical (unpaired) electrons. The Morgan fingerprint density at radius 1 is 1.08 bits per heavy atom. The van der Waals surface area contributed by atoms with E-state index in [0.29, 0.717) is 12.1 Å². The van der Waals surface area contributed by atoms with Crippen molar-refractivity contribution in [3.63, 3.8) is 0 Å². The first kappa shape index (κ1) is 17.6. The fourth-order valence-electron chi connectivity index (χ4n) is 2.65. The summed E-state index contributed by atoms with van der Waals surface area (Å²) in [5.74, 6) is -0.442. The van der Waals surface area contributed by atoms with Crippen molar-refractivity contribution >= 4 is 11.6 Å². The molecule has 0 aliphatic heterocycles. The van der Waals surface area contributed by atoms with E-state index in [1.807, 2.05) is 49.3 Å². The molecular weight excluding hydrogens is 329 g/mol. The molecule has 132 valence electrons. The van der Waals surface area contributed by atoms with Gasteiger partial charge in [-0.05, 0) is 54.1 Å². The zero-order chi connectivity index (χ0) is 18.5. The van der Waals surface area contributed by atoms with Crippen molar-refractivity contribution in [3.8, 4) is 11.3 Å². The van der Waals surface area contributed by atoms with E-state index in [0.717, 1.165) is 22.5 Å². The number of rotatable bonds is 5. The SMILES string of the molecule is CN(C)c1cccc(C(=O)NCc2cccnc2-c2ccc(F)cc2)c1. The number of carbonyl (C=O) groups excluding carboxylic acids is 1. The summed E-state index contributed by atoms with van der Waals surface area (Å²) < 4.78 is 13.2. The molecule has 0 aliphatic carbocycles. The number of hydrogen-bond donors (Lipinski definition) is 1. The Labute approximate surface area is 152 Å². The second-order valence-corrected chi connectivity index (χ2v) is 6.15. The highest BCUT2D eigenvalue weighted by Gasteiger charge is 2.10. The number of anilines is 1. The fourth-order valence-corrected chi connectivity index (χ4v) is 2.65. The number of nitrogens with one attached hydrogen (secondary N) is 1. The van der Waals surface area contributed by atoms with Gasteiger partial charge in [-0.1, -0.05) is 12.1 Å². The molecule has 4 nitrogen and oxygen atoms in total. The molecule has 0 saturated heterocycles. The molecule has 2 aromatic carbocycles. The highest BCUT2D eigenvalue weighted by molar-refractivity contribution is 5.95. The average Bonchev–Trinajstić information content (AvgIpc) is 2.67. The number of halogens is 1. The number of nitrogens with zero attached hydrogens (tertiary/aromatic N) is 2. The summed E-state index contributed by atoms with van der Waals surface area (Å²) in [6.45, 7) is 0.339. The smallest absolute Gasteiger partial charge is 0.251 e. The van der Waals surface area contributed by atoms with Crippen molar-refractivity contribution in [2.45, 2.75) is 6.54 Å². The Kier molecular flexibility index (Phi) is 5.27. The maximum absolute atomic E-state index is 13.2. The van der Waals surface area contributed by atoms with Gasteiger partial charge in [-0.3, -0.25) is 9.78 Å². The van der Waals surface area contributed by atoms with E-state index < -0.39 is 0 Å². The Morgan fingerprint density at radius 2 is 1.85 bits per heavy atom. The first-order valence-electron chi connectivity index (χ1n) is 8.30. The standard InChI is InChI=1S/C21H20FN3O/c1-25(2)19-7-3-5-16(13-19)21(26)24-14-17-6-4-12-23-20(17)15-8-10-18(22)11-9-15/h3-13H,14H2,1-2H3,(H,24,26). The number of amides is 1. The molecule has 1 aromatic heterocycles. The third-order valence-corrected chi connectivity index (χ3v) is 4.07. The van der Waals surface area contributed by atoms with Gasteiger partial charge >= 0.3 is 0 Å². The Hall–Kier alpha value is -3.21. The van der Waals surface area contributed by atoms with E-state index >= 15 is 0 Å². The maximum Gasteiger partial charge on any atom is 0.251 e. The number of benzene rings is 2. The molecule has 0 unspecified atom stereocenters. The average molecular weight is 349 g/mol. The maximum atomic E-state index is 13.2. The monoisotopic (exact) mass is 349 g/mol. The van der Waals surface area contributed by atoms with Gasteiger partial charge in [0.15, 0.2) is 0 Å². The largest absolute Gasteiger partial charge is 0.378 e. The first-order valence-corrected chi connectivity index (χ1v) is 8.30. The van der Waals surface area contributed by atoms with E-state index in [4.69, 9.17) is 0 Å². The number of carbonyl (C=O) groups is 1. The molecule has 1 heterocycles. The molecule has 0 atom stereocenters. The van der Waals surface area contributed by atoms with Crippen molar-refractivity contribution < 1.29 is 9.18 Å². The van der Waals surface area contributed by atoms with Crippen LogP contribution in [-0.2, 0) is 6.54 Å². The van der Waals surface area contributed by atoms with Crippen LogP contribution >= 0.6 is 0 Å². The van der Waals surface area contributed by atoms with Crippen LogP contribution in [0.25, 0.3) is 11.3 Å². The normalized spacial score (nSPS) is 10.4. The molecular formula is C21H20FN3O. The molecule has 3 rings (SSSR count). The number of hydrogen-bond acceptors (Lipinski definition) is 3. The number of aromatic nitrogens is 1. The van der Waals surface area contributed by atoms with Gasteiger partial charge in [0.25, 0.3) is 5.91 Å². The van der Waals surface area contributed by atoms with Crippen LogP contribution in [0.1, 0.15) is 15.9 Å². The lowest BCUT2D eigenvalue weighted by atomic mass is 10.1. The zero-order valence-electron chi connectivity index (χ0n) is 14.7. The molecule has 0 saturated carbocycles. The van der Waals surface area contributed by atoms with Gasteiger partial charge in [-0.2, -0.15) is 0 Å². The van der Waals surface area contributed by atoms with Crippen molar-refractivity contribution in [1.82, 2.24) is 10.3 Å². The quantitative estimate of drug-likeness (QED) is 0.760. The van der Waals surface area contributed by atoms with Gasteiger partial charge < -0.3 is 10.2 Å². The highest BCUT2D eigenvalue weighted by atomic mass is 19.1. The van der Waals surface area contributed by atoms with Crippen molar-refractivity contribution in [2.24, 2.45) is 0 Å². The topological polar surface area (TPSA) is 45.2 Å². The minimum Gasteiger partial charge on any atom is -0.378 e. The van der Waals surface area contributed by atoms with Crippen molar-refractivity contribution in [2.75, 3.05) is 19.0 Å². The molecule has 0 fully saturated rings. The lowest BCUT2D eigenvalue weighted by Crippen LogP contribution is -2.23. The summed E-state index contributed by atoms with van der Waals surface area (Å²) >= 11 is 0. The summed E-state index contributed by atoms with van der Waals surface area (Å²) in [7, 11) is 3.86. The van der Waals surface area contributed by atoms with E-state index in [1.165, 1.54) is 12.1 Å². The fraction of sp³-hybridized carbons (Fsp3) is 0.143. The van der Waals surface area contributed by atoms with Gasteiger partial charge in [-0.15, -0.1) is 0 Å². The van der Waals surface area contributed by atoms with Crippen LogP contribution in [-0.4, -0.2) is 25.0 Å². The van der Waals surface area contributed by atoms with Gasteiger partial charge in [0.1, 0.15) is 5.82 Å². The Balaban J connectivity index is 1.77. The third-order valence-electron chi connectivity index (χ3n) is 4.07. The second kappa shape index (κ2) is 7.78. The van der Waals surface area contributed by atoms with Gasteiger partial charge in [0.05, 0.1) is 5.69 Å². The summed E-state index contributed by atoms with van der Waals surface area (Å²) in [6, 6.07) is 17.3. The highest BCUT2D eigenvalue weighted by Crippen LogP contribution is 2.21. The summed E-state index contributed by atoms with van der Waals surface area (Å²) in [5.41, 5.74) is 3.98. The third kappa shape index (κ3) is 4.06. The Morgan fingerprint density at radius 3 is 2.58 bits per heavy atom. The molecule has 1 amide bonds. The van der Waals surface area contributed by atoms with E-state index in [-0.39, 0.29) is 11.7 Å². The lowest BCUT2D eigenvalue weighted by Gasteiger charge is -2.14. The van der Waals surface area contributed by atoms with Gasteiger partial charge in [0, 0.05) is 43.7 Å². The van der Waals surface area contributed by atoms with Gasteiger partial charge in [-0.25, -0.2) is 4.39 Å². The lowest BCUT2D eigenvalue weighted by molar-refractivity contribution is 0.0951. The minimum absolute atomic E-state index is 0.150. The van der Waals surface area contributed by atoms with Crippen molar-refractivity contribution in [1.29, 1.82) is 0 Å². The zero-order valence-corrected chi connectivity index (χ0v) is 14.7. The van der Waals surface area contributed by atoms with E-state index in [1.54, 1.807) is 24.4 Å². The first-order chi connectivity index (χ1) is 12.5. The van der Waals surface area contributed by atoms with Crippen molar-refractivity contribution in [3.05, 3.63) is 83.8 Å². The summed E-state index contributed by atoms with van der Waals surface area (Å²) in [4.78, 5) is 18.8. The molecule has 1 N–H and O–H groups in total. The van der Waals surface area contributed by atoms with Crippen LogP contribution in [0.15, 0.2) is 66.9 Å². The molecule has 0 aliphatic rings. The van der Waals surface area contributed by atoms with E-state index in [9.17, 15) is 9.18 Å². The van der Waals surface area contributed by atoms with E-state index in [2.05, 4.69) is 10.3 Å². The predicted molar refractivity (Wildman–Crippen MR) is 102 cm³/mol. The van der Waals surface area contributed by atoms with Crippen LogP contribution < -0.4 is 10.2 Å². The molecule has 26 heavy (non-hydrogen) atoms. The Bertz CT molecular complexity index is 907. The van der Waals surface area contributed by atoms with Crippen LogP contribution in [0.5, 0.6) is 0 Å². The summed E-state index contributed by atoms with van der Waals surface area (Å²) in [5, 5.41) is 2.93. The summed E-state index contributed by atoms with van der Waals surface area (Å²) in [6.07, 6.45) is 1.69. The van der Waals surface area contributed by atoms with Crippen LogP contribution in [0.3, 0.4) is 0 Å². The van der Waals surface area contributed by atoms with Crippen LogP contribution in [0, 0.1) is 5.82 Å².